The van der Waals surface area contributed by atoms with Gasteiger partial charge in [-0.15, -0.1) is 12.4 Å². The fourth-order valence-electron chi connectivity index (χ4n) is 3.17. The smallest absolute Gasteiger partial charge is 0.227 e. The van der Waals surface area contributed by atoms with E-state index in [1.54, 1.807) is 0 Å². The summed E-state index contributed by atoms with van der Waals surface area (Å²) in [5, 5.41) is 7.53. The summed E-state index contributed by atoms with van der Waals surface area (Å²) in [6, 6.07) is 6.35. The van der Waals surface area contributed by atoms with E-state index in [4.69, 9.17) is 4.52 Å². The van der Waals surface area contributed by atoms with Gasteiger partial charge in [0.05, 0.1) is 17.1 Å². The van der Waals surface area contributed by atoms with Gasteiger partial charge in [0, 0.05) is 32.5 Å². The van der Waals surface area contributed by atoms with E-state index in [-0.39, 0.29) is 18.4 Å². The molecule has 0 bridgehead atoms. The van der Waals surface area contributed by atoms with Crippen LogP contribution in [-0.2, 0) is 12.8 Å². The van der Waals surface area contributed by atoms with E-state index < -0.39 is 0 Å². The average Bonchev–Trinajstić information content (AvgIpc) is 3.20. The zero-order chi connectivity index (χ0) is 16.5. The number of nitrogens with zero attached hydrogens (tertiary/aromatic N) is 4. The quantitative estimate of drug-likeness (QED) is 0.739. The number of hydrogen-bond acceptors (Lipinski definition) is 6. The van der Waals surface area contributed by atoms with E-state index in [2.05, 4.69) is 56.4 Å². The first kappa shape index (κ1) is 17.8. The largest absolute Gasteiger partial charge is 0.342 e. The Labute approximate surface area is 152 Å². The van der Waals surface area contributed by atoms with Crippen LogP contribution in [0.2, 0.25) is 0 Å². The molecular weight excluding hydrogens is 340 g/mol. The van der Waals surface area contributed by atoms with Crippen molar-refractivity contribution in [3.8, 4) is 0 Å². The number of piperazine rings is 1. The molecule has 134 valence electrons. The Bertz CT molecular complexity index is 845. The predicted octanol–water partition coefficient (Wildman–Crippen LogP) is 2.04. The molecule has 0 aliphatic carbocycles. The molecule has 0 amide bonds. The minimum absolute atomic E-state index is 0. The highest BCUT2D eigenvalue weighted by Crippen LogP contribution is 2.19. The lowest BCUT2D eigenvalue weighted by molar-refractivity contribution is 0.190. The van der Waals surface area contributed by atoms with E-state index in [9.17, 15) is 0 Å². The number of aryl methyl sites for hydroxylation is 3. The fraction of sp³-hybridized carbons (Fsp3) is 0.471. The normalized spacial score (nSPS) is 18.4. The molecule has 8 heteroatoms. The summed E-state index contributed by atoms with van der Waals surface area (Å²) in [5.41, 5.74) is 3.29. The zero-order valence-electron chi connectivity index (χ0n) is 14.5. The molecule has 0 spiro atoms. The number of fused-ring (bicyclic) bond motifs is 1. The fourth-order valence-corrected chi connectivity index (χ4v) is 3.17. The molecule has 0 saturated carbocycles. The second kappa shape index (κ2) is 7.51. The molecule has 1 atom stereocenters. The Morgan fingerprint density at radius 1 is 1.28 bits per heavy atom. The van der Waals surface area contributed by atoms with Gasteiger partial charge in [0.15, 0.2) is 5.82 Å². The van der Waals surface area contributed by atoms with Crippen LogP contribution in [0, 0.1) is 6.92 Å². The summed E-state index contributed by atoms with van der Waals surface area (Å²) in [7, 11) is 2.10. The van der Waals surface area contributed by atoms with Gasteiger partial charge in [-0.3, -0.25) is 4.90 Å². The van der Waals surface area contributed by atoms with Crippen molar-refractivity contribution in [2.24, 2.45) is 0 Å². The van der Waals surface area contributed by atoms with Crippen molar-refractivity contribution in [2.75, 3.05) is 26.7 Å². The van der Waals surface area contributed by atoms with Gasteiger partial charge in [-0.05, 0) is 25.6 Å². The van der Waals surface area contributed by atoms with Gasteiger partial charge in [0.1, 0.15) is 5.82 Å². The molecule has 2 aromatic heterocycles. The topological polar surface area (TPSA) is 82.9 Å². The lowest BCUT2D eigenvalue weighted by Gasteiger charge is -2.30. The average molecular weight is 363 g/mol. The molecule has 7 nitrogen and oxygen atoms in total. The maximum absolute atomic E-state index is 5.43. The number of rotatable bonds is 4. The number of hydrogen-bond donors (Lipinski definition) is 2. The SMILES string of the molecule is Cc1cccc2[nH]c(CCc3nc(C4CNCCN4C)no3)nc12.Cl. The second-order valence-corrected chi connectivity index (χ2v) is 6.40. The highest BCUT2D eigenvalue weighted by molar-refractivity contribution is 5.85. The number of aromatic amines is 1. The molecule has 1 saturated heterocycles. The third-order valence-corrected chi connectivity index (χ3v) is 4.63. The van der Waals surface area contributed by atoms with Crippen LogP contribution in [-0.4, -0.2) is 51.7 Å². The minimum Gasteiger partial charge on any atom is -0.342 e. The van der Waals surface area contributed by atoms with E-state index in [0.717, 1.165) is 48.7 Å². The molecular formula is C17H23ClN6O. The van der Waals surface area contributed by atoms with Crippen LogP contribution in [0.3, 0.4) is 0 Å². The first-order valence-corrected chi connectivity index (χ1v) is 8.38. The number of halogens is 1. The number of nitrogens with one attached hydrogen (secondary N) is 2. The Morgan fingerprint density at radius 3 is 2.96 bits per heavy atom. The molecule has 1 unspecified atom stereocenters. The van der Waals surface area contributed by atoms with Crippen molar-refractivity contribution in [3.63, 3.8) is 0 Å². The maximum Gasteiger partial charge on any atom is 0.227 e. The number of aromatic nitrogens is 4. The van der Waals surface area contributed by atoms with E-state index >= 15 is 0 Å². The van der Waals surface area contributed by atoms with Crippen molar-refractivity contribution in [1.29, 1.82) is 0 Å². The van der Waals surface area contributed by atoms with Crippen molar-refractivity contribution >= 4 is 23.4 Å². The third-order valence-electron chi connectivity index (χ3n) is 4.63. The summed E-state index contributed by atoms with van der Waals surface area (Å²) in [4.78, 5) is 14.9. The molecule has 0 radical (unpaired) electrons. The van der Waals surface area contributed by atoms with Gasteiger partial charge in [0.2, 0.25) is 5.89 Å². The molecule has 2 N–H and O–H groups in total. The van der Waals surface area contributed by atoms with Crippen LogP contribution in [0.1, 0.15) is 29.1 Å². The predicted molar refractivity (Wildman–Crippen MR) is 98.0 cm³/mol. The number of imidazole rings is 1. The van der Waals surface area contributed by atoms with Gasteiger partial charge >= 0.3 is 0 Å². The van der Waals surface area contributed by atoms with E-state index in [0.29, 0.717) is 12.3 Å². The Morgan fingerprint density at radius 2 is 2.16 bits per heavy atom. The summed E-state index contributed by atoms with van der Waals surface area (Å²) in [6.07, 6.45) is 1.45. The van der Waals surface area contributed by atoms with Crippen LogP contribution in [0.5, 0.6) is 0 Å². The van der Waals surface area contributed by atoms with Crippen molar-refractivity contribution in [2.45, 2.75) is 25.8 Å². The molecule has 1 fully saturated rings. The number of likely N-dealkylation sites (N-methyl/N-ethyl adjacent to an activating group) is 1. The summed E-state index contributed by atoms with van der Waals surface area (Å²) >= 11 is 0. The first-order chi connectivity index (χ1) is 11.7. The summed E-state index contributed by atoms with van der Waals surface area (Å²) in [6.45, 7) is 4.93. The minimum atomic E-state index is 0. The lowest BCUT2D eigenvalue weighted by atomic mass is 10.2. The molecule has 25 heavy (non-hydrogen) atoms. The summed E-state index contributed by atoms with van der Waals surface area (Å²) < 4.78 is 5.43. The van der Waals surface area contributed by atoms with Gasteiger partial charge in [0.25, 0.3) is 0 Å². The highest BCUT2D eigenvalue weighted by Gasteiger charge is 2.25. The van der Waals surface area contributed by atoms with Crippen LogP contribution in [0.25, 0.3) is 11.0 Å². The van der Waals surface area contributed by atoms with Crippen LogP contribution >= 0.6 is 12.4 Å². The maximum atomic E-state index is 5.43. The van der Waals surface area contributed by atoms with Gasteiger partial charge < -0.3 is 14.8 Å². The molecule has 1 aliphatic heterocycles. The first-order valence-electron chi connectivity index (χ1n) is 8.38. The zero-order valence-corrected chi connectivity index (χ0v) is 15.3. The third kappa shape index (κ3) is 3.68. The lowest BCUT2D eigenvalue weighted by Crippen LogP contribution is -2.44. The van der Waals surface area contributed by atoms with Gasteiger partial charge in [-0.2, -0.15) is 4.98 Å². The van der Waals surface area contributed by atoms with E-state index in [1.807, 2.05) is 6.07 Å². The Balaban J connectivity index is 0.00000182. The van der Waals surface area contributed by atoms with Gasteiger partial charge in [-0.25, -0.2) is 4.98 Å². The second-order valence-electron chi connectivity index (χ2n) is 6.40. The molecule has 1 aromatic carbocycles. The molecule has 3 heterocycles. The monoisotopic (exact) mass is 362 g/mol. The number of benzene rings is 1. The molecule has 4 rings (SSSR count). The Kier molecular flexibility index (Phi) is 5.36. The Hall–Kier alpha value is -1.96. The molecule has 1 aliphatic rings. The number of para-hydroxylation sites is 1. The highest BCUT2D eigenvalue weighted by atomic mass is 35.5. The van der Waals surface area contributed by atoms with Crippen LogP contribution < -0.4 is 5.32 Å². The standard InChI is InChI=1S/C17H22N6O.ClH/c1-11-4-3-5-12-16(11)20-14(19-12)6-7-15-21-17(22-24-15)13-10-18-8-9-23(13)2;/h3-5,13,18H,6-10H2,1-2H3,(H,19,20);1H. The number of H-pyrrole nitrogens is 1. The van der Waals surface area contributed by atoms with Crippen molar-refractivity contribution < 1.29 is 4.52 Å². The van der Waals surface area contributed by atoms with Gasteiger partial charge in [-0.1, -0.05) is 17.3 Å². The summed E-state index contributed by atoms with van der Waals surface area (Å²) in [5.74, 6) is 2.39. The van der Waals surface area contributed by atoms with Crippen LogP contribution in [0.15, 0.2) is 22.7 Å². The molecule has 3 aromatic rings. The van der Waals surface area contributed by atoms with E-state index in [1.165, 1.54) is 5.56 Å². The van der Waals surface area contributed by atoms with Crippen molar-refractivity contribution in [3.05, 3.63) is 41.3 Å². The van der Waals surface area contributed by atoms with Crippen LogP contribution in [0.4, 0.5) is 0 Å². The van der Waals surface area contributed by atoms with Crippen molar-refractivity contribution in [1.82, 2.24) is 30.3 Å².